The van der Waals surface area contributed by atoms with Crippen molar-refractivity contribution in [1.29, 1.82) is 0 Å². The van der Waals surface area contributed by atoms with Crippen molar-refractivity contribution in [1.82, 2.24) is 10.6 Å². The van der Waals surface area contributed by atoms with Crippen LogP contribution in [0.25, 0.3) is 0 Å². The topological polar surface area (TPSA) is 50.4 Å². The highest BCUT2D eigenvalue weighted by Gasteiger charge is 2.28. The van der Waals surface area contributed by atoms with Crippen LogP contribution >= 0.6 is 0 Å². The number of allylic oxidation sites excluding steroid dienone is 1. The molecule has 2 rings (SSSR count). The first kappa shape index (κ1) is 20.1. The van der Waals surface area contributed by atoms with Crippen molar-refractivity contribution in [2.45, 2.75) is 51.2 Å². The van der Waals surface area contributed by atoms with E-state index in [2.05, 4.69) is 21.4 Å². The second-order valence-corrected chi connectivity index (χ2v) is 6.45. The van der Waals surface area contributed by atoms with Gasteiger partial charge in [0, 0.05) is 6.54 Å². The van der Waals surface area contributed by atoms with Crippen molar-refractivity contribution in [2.75, 3.05) is 13.2 Å². The number of amides is 2. The Labute approximate surface area is 151 Å². The standard InChI is InChI=1S/C19H25F3N2O2/c1-14(16-7-9-17(10-8-16)26-13-19(20,21)22)24-18(25)23-12-11-15-5-3-2-4-6-15/h5,7-10,14H,2-4,6,11-13H2,1H3,(H2,23,24,25). The van der Waals surface area contributed by atoms with E-state index in [0.717, 1.165) is 24.8 Å². The molecule has 0 saturated heterocycles. The third-order valence-corrected chi connectivity index (χ3v) is 4.25. The average Bonchev–Trinajstić information content (AvgIpc) is 2.60. The lowest BCUT2D eigenvalue weighted by atomic mass is 9.97. The summed E-state index contributed by atoms with van der Waals surface area (Å²) < 4.78 is 41.1. The molecule has 0 aromatic heterocycles. The van der Waals surface area contributed by atoms with Crippen molar-refractivity contribution in [3.63, 3.8) is 0 Å². The van der Waals surface area contributed by atoms with Crippen LogP contribution in [0.1, 0.15) is 50.6 Å². The molecule has 0 fully saturated rings. The highest BCUT2D eigenvalue weighted by Crippen LogP contribution is 2.21. The minimum atomic E-state index is -4.36. The number of ether oxygens (including phenoxy) is 1. The molecule has 0 heterocycles. The molecule has 1 aliphatic carbocycles. The number of urea groups is 1. The van der Waals surface area contributed by atoms with Gasteiger partial charge in [-0.2, -0.15) is 13.2 Å². The third-order valence-electron chi connectivity index (χ3n) is 4.25. The number of hydrogen-bond donors (Lipinski definition) is 2. The van der Waals surface area contributed by atoms with E-state index in [1.54, 1.807) is 12.1 Å². The average molecular weight is 370 g/mol. The molecule has 26 heavy (non-hydrogen) atoms. The quantitative estimate of drug-likeness (QED) is 0.672. The Kier molecular flexibility index (Phi) is 7.36. The zero-order valence-corrected chi connectivity index (χ0v) is 14.9. The molecule has 144 valence electrons. The SMILES string of the molecule is CC(NC(=O)NCCC1=CCCCC1)c1ccc(OCC(F)(F)F)cc1. The van der Waals surface area contributed by atoms with Crippen molar-refractivity contribution >= 4 is 6.03 Å². The maximum absolute atomic E-state index is 12.1. The number of hydrogen-bond acceptors (Lipinski definition) is 2. The number of carbonyl (C=O) groups is 1. The van der Waals surface area contributed by atoms with Gasteiger partial charge >= 0.3 is 12.2 Å². The van der Waals surface area contributed by atoms with Crippen LogP contribution in [0.4, 0.5) is 18.0 Å². The molecule has 1 unspecified atom stereocenters. The minimum absolute atomic E-state index is 0.142. The number of benzene rings is 1. The van der Waals surface area contributed by atoms with E-state index in [4.69, 9.17) is 0 Å². The number of rotatable bonds is 7. The Bertz CT molecular complexity index is 612. The predicted molar refractivity (Wildman–Crippen MR) is 94.1 cm³/mol. The molecule has 0 radical (unpaired) electrons. The van der Waals surface area contributed by atoms with Gasteiger partial charge in [0.1, 0.15) is 5.75 Å². The first-order chi connectivity index (χ1) is 12.3. The lowest BCUT2D eigenvalue weighted by Crippen LogP contribution is -2.37. The fourth-order valence-corrected chi connectivity index (χ4v) is 2.82. The van der Waals surface area contributed by atoms with Gasteiger partial charge in [-0.05, 0) is 56.7 Å². The Morgan fingerprint density at radius 1 is 1.23 bits per heavy atom. The summed E-state index contributed by atoms with van der Waals surface area (Å²) in [5.41, 5.74) is 2.19. The Morgan fingerprint density at radius 2 is 1.96 bits per heavy atom. The fraction of sp³-hybridized carbons (Fsp3) is 0.526. The molecule has 1 aromatic carbocycles. The molecule has 0 spiro atoms. The van der Waals surface area contributed by atoms with Crippen LogP contribution in [-0.4, -0.2) is 25.4 Å². The molecular formula is C19H25F3N2O2. The van der Waals surface area contributed by atoms with Gasteiger partial charge in [0.2, 0.25) is 0 Å². The summed E-state index contributed by atoms with van der Waals surface area (Å²) in [5, 5.41) is 5.66. The molecule has 1 aromatic rings. The van der Waals surface area contributed by atoms with E-state index in [1.165, 1.54) is 30.5 Å². The summed E-state index contributed by atoms with van der Waals surface area (Å²) in [4.78, 5) is 12.0. The van der Waals surface area contributed by atoms with E-state index in [9.17, 15) is 18.0 Å². The highest BCUT2D eigenvalue weighted by atomic mass is 19.4. The fourth-order valence-electron chi connectivity index (χ4n) is 2.82. The minimum Gasteiger partial charge on any atom is -0.484 e. The van der Waals surface area contributed by atoms with Crippen molar-refractivity contribution in [3.8, 4) is 5.75 Å². The number of carbonyl (C=O) groups excluding carboxylic acids is 1. The van der Waals surface area contributed by atoms with Gasteiger partial charge in [-0.15, -0.1) is 0 Å². The molecule has 0 saturated carbocycles. The Balaban J connectivity index is 1.73. The predicted octanol–water partition coefficient (Wildman–Crippen LogP) is 4.88. The van der Waals surface area contributed by atoms with Crippen LogP contribution in [0, 0.1) is 0 Å². The number of alkyl halides is 3. The summed E-state index contributed by atoms with van der Waals surface area (Å²) in [6, 6.07) is 5.69. The highest BCUT2D eigenvalue weighted by molar-refractivity contribution is 5.74. The van der Waals surface area contributed by atoms with Crippen molar-refractivity contribution in [3.05, 3.63) is 41.5 Å². The normalized spacial score (nSPS) is 15.8. The summed E-state index contributed by atoms with van der Waals surface area (Å²) in [5.74, 6) is 0.142. The van der Waals surface area contributed by atoms with E-state index < -0.39 is 12.8 Å². The van der Waals surface area contributed by atoms with E-state index >= 15 is 0 Å². The van der Waals surface area contributed by atoms with Crippen LogP contribution in [-0.2, 0) is 0 Å². The van der Waals surface area contributed by atoms with Gasteiger partial charge in [-0.1, -0.05) is 23.8 Å². The number of nitrogens with one attached hydrogen (secondary N) is 2. The van der Waals surface area contributed by atoms with Crippen molar-refractivity contribution < 1.29 is 22.7 Å². The summed E-state index contributed by atoms with van der Waals surface area (Å²) in [7, 11) is 0. The van der Waals surface area contributed by atoms with Crippen LogP contribution in [0.2, 0.25) is 0 Å². The van der Waals surface area contributed by atoms with Gasteiger partial charge in [-0.3, -0.25) is 0 Å². The first-order valence-corrected chi connectivity index (χ1v) is 8.85. The molecule has 7 heteroatoms. The van der Waals surface area contributed by atoms with Gasteiger partial charge in [-0.25, -0.2) is 4.79 Å². The van der Waals surface area contributed by atoms with Gasteiger partial charge in [0.25, 0.3) is 0 Å². The maximum atomic E-state index is 12.1. The van der Waals surface area contributed by atoms with Crippen LogP contribution in [0.3, 0.4) is 0 Å². The van der Waals surface area contributed by atoms with Gasteiger partial charge in [0.15, 0.2) is 6.61 Å². The lowest BCUT2D eigenvalue weighted by molar-refractivity contribution is -0.153. The molecule has 1 atom stereocenters. The van der Waals surface area contributed by atoms with Crippen LogP contribution < -0.4 is 15.4 Å². The maximum Gasteiger partial charge on any atom is 0.422 e. The molecule has 0 bridgehead atoms. The lowest BCUT2D eigenvalue weighted by Gasteiger charge is -2.17. The third kappa shape index (κ3) is 7.37. The van der Waals surface area contributed by atoms with Gasteiger partial charge in [0.05, 0.1) is 6.04 Å². The Morgan fingerprint density at radius 3 is 2.58 bits per heavy atom. The summed E-state index contributed by atoms with van der Waals surface area (Å²) >= 11 is 0. The second kappa shape index (κ2) is 9.50. The molecule has 2 N–H and O–H groups in total. The molecule has 1 aliphatic rings. The number of halogens is 3. The summed E-state index contributed by atoms with van der Waals surface area (Å²) in [6.07, 6.45) is 3.47. The Hall–Kier alpha value is -2.18. The summed E-state index contributed by atoms with van der Waals surface area (Å²) in [6.45, 7) is 1.09. The van der Waals surface area contributed by atoms with Crippen LogP contribution in [0.15, 0.2) is 35.9 Å². The molecule has 2 amide bonds. The largest absolute Gasteiger partial charge is 0.484 e. The second-order valence-electron chi connectivity index (χ2n) is 6.45. The molecular weight excluding hydrogens is 345 g/mol. The van der Waals surface area contributed by atoms with E-state index in [-0.39, 0.29) is 17.8 Å². The molecule has 0 aliphatic heterocycles. The monoisotopic (exact) mass is 370 g/mol. The van der Waals surface area contributed by atoms with E-state index in [0.29, 0.717) is 6.54 Å². The first-order valence-electron chi connectivity index (χ1n) is 8.85. The zero-order valence-electron chi connectivity index (χ0n) is 14.9. The van der Waals surface area contributed by atoms with E-state index in [1.807, 2.05) is 6.92 Å². The van der Waals surface area contributed by atoms with Gasteiger partial charge < -0.3 is 15.4 Å². The zero-order chi connectivity index (χ0) is 19.0. The smallest absolute Gasteiger partial charge is 0.422 e. The molecule has 4 nitrogen and oxygen atoms in total. The van der Waals surface area contributed by atoms with Crippen LogP contribution in [0.5, 0.6) is 5.75 Å². The van der Waals surface area contributed by atoms with Crippen molar-refractivity contribution in [2.24, 2.45) is 0 Å².